The summed E-state index contributed by atoms with van der Waals surface area (Å²) in [4.78, 5) is 16.3. The number of halogens is 1. The van der Waals surface area contributed by atoms with Crippen LogP contribution in [0.15, 0.2) is 23.0 Å². The first-order chi connectivity index (χ1) is 8.06. The van der Waals surface area contributed by atoms with Gasteiger partial charge in [0.05, 0.1) is 11.7 Å². The highest BCUT2D eigenvalue weighted by atomic mass is 35.5. The zero-order valence-corrected chi connectivity index (χ0v) is 10.2. The topological polar surface area (TPSA) is 67.2 Å². The molecule has 0 amide bonds. The largest absolute Gasteiger partial charge is 0.507 e. The maximum Gasteiger partial charge on any atom is 0.267 e. The second-order valence-corrected chi connectivity index (χ2v) is 4.03. The number of nitrogens with zero attached hydrogens (tertiary/aromatic N) is 2. The van der Waals surface area contributed by atoms with Crippen LogP contribution >= 0.6 is 11.6 Å². The van der Waals surface area contributed by atoms with Crippen molar-refractivity contribution in [2.45, 2.75) is 13.1 Å². The highest BCUT2D eigenvalue weighted by molar-refractivity contribution is 6.28. The third kappa shape index (κ3) is 1.87. The number of hydrogen-bond donors (Lipinski definition) is 2. The Labute approximate surface area is 103 Å². The van der Waals surface area contributed by atoms with E-state index in [1.165, 1.54) is 10.6 Å². The Morgan fingerprint density at radius 1 is 1.53 bits per heavy atom. The quantitative estimate of drug-likeness (QED) is 0.796. The molecule has 0 saturated carbocycles. The molecule has 0 aliphatic rings. The average Bonchev–Trinajstić information content (AvgIpc) is 2.28. The van der Waals surface area contributed by atoms with E-state index < -0.39 is 0 Å². The molecule has 1 atom stereocenters. The summed E-state index contributed by atoms with van der Waals surface area (Å²) in [7, 11) is 1.71. The molecule has 0 saturated heterocycles. The molecule has 1 heterocycles. The van der Waals surface area contributed by atoms with Crippen LogP contribution in [0.1, 0.15) is 13.1 Å². The van der Waals surface area contributed by atoms with Crippen LogP contribution in [0.25, 0.3) is 10.9 Å². The van der Waals surface area contributed by atoms with Crippen LogP contribution < -0.4 is 10.9 Å². The van der Waals surface area contributed by atoms with Crippen molar-refractivity contribution in [1.82, 2.24) is 14.9 Å². The fourth-order valence-corrected chi connectivity index (χ4v) is 1.98. The maximum absolute atomic E-state index is 12.2. The lowest BCUT2D eigenvalue weighted by Gasteiger charge is -2.16. The van der Waals surface area contributed by atoms with Crippen molar-refractivity contribution in [2.75, 3.05) is 7.05 Å². The molecule has 17 heavy (non-hydrogen) atoms. The summed E-state index contributed by atoms with van der Waals surface area (Å²) in [6.45, 7) is 1.78. The number of nitrogens with one attached hydrogen (secondary N) is 1. The number of fused-ring (bicyclic) bond motifs is 1. The van der Waals surface area contributed by atoms with Gasteiger partial charge >= 0.3 is 0 Å². The Hall–Kier alpha value is -1.59. The van der Waals surface area contributed by atoms with E-state index in [4.69, 9.17) is 11.6 Å². The standard InChI is InChI=1S/C11H12ClN3O2/c1-6(13-2)15-10(17)9-7(14-11(15)12)4-3-5-8(9)16/h3-6,13,16H,1-2H3. The molecule has 0 spiro atoms. The van der Waals surface area contributed by atoms with Crippen LogP contribution in [-0.4, -0.2) is 21.7 Å². The number of phenols is 1. The molecule has 0 radical (unpaired) electrons. The molecule has 0 bridgehead atoms. The zero-order chi connectivity index (χ0) is 12.6. The summed E-state index contributed by atoms with van der Waals surface area (Å²) < 4.78 is 1.30. The summed E-state index contributed by atoms with van der Waals surface area (Å²) in [5.41, 5.74) is 0.0273. The SMILES string of the molecule is CNC(C)n1c(Cl)nc2cccc(O)c2c1=O. The van der Waals surface area contributed by atoms with E-state index in [0.29, 0.717) is 5.52 Å². The lowest BCUT2D eigenvalue weighted by atomic mass is 10.2. The number of hydrogen-bond acceptors (Lipinski definition) is 4. The molecular formula is C11H12ClN3O2. The normalized spacial score (nSPS) is 12.9. The first kappa shape index (κ1) is 11.9. The van der Waals surface area contributed by atoms with E-state index in [1.807, 2.05) is 0 Å². The molecule has 0 fully saturated rings. The molecule has 6 heteroatoms. The first-order valence-corrected chi connectivity index (χ1v) is 5.51. The van der Waals surface area contributed by atoms with Gasteiger partial charge in [-0.25, -0.2) is 4.98 Å². The van der Waals surface area contributed by atoms with Crippen molar-refractivity contribution in [3.63, 3.8) is 0 Å². The predicted octanol–water partition coefficient (Wildman–Crippen LogP) is 1.49. The van der Waals surface area contributed by atoms with Gasteiger partial charge in [0.1, 0.15) is 11.1 Å². The van der Waals surface area contributed by atoms with Gasteiger partial charge in [-0.2, -0.15) is 0 Å². The average molecular weight is 254 g/mol. The number of aromatic nitrogens is 2. The summed E-state index contributed by atoms with van der Waals surface area (Å²) in [6, 6.07) is 4.71. The van der Waals surface area contributed by atoms with Crippen molar-refractivity contribution in [2.24, 2.45) is 0 Å². The maximum atomic E-state index is 12.2. The van der Waals surface area contributed by atoms with Gasteiger partial charge in [-0.15, -0.1) is 0 Å². The Bertz CT molecular complexity index is 624. The summed E-state index contributed by atoms with van der Waals surface area (Å²) >= 11 is 5.96. The number of rotatable bonds is 2. The molecule has 1 aromatic heterocycles. The number of aromatic hydroxyl groups is 1. The highest BCUT2D eigenvalue weighted by Gasteiger charge is 2.15. The van der Waals surface area contributed by atoms with Crippen molar-refractivity contribution >= 4 is 22.5 Å². The summed E-state index contributed by atoms with van der Waals surface area (Å²) in [6.07, 6.45) is -0.300. The van der Waals surface area contributed by atoms with Crippen LogP contribution in [-0.2, 0) is 0 Å². The van der Waals surface area contributed by atoms with Gasteiger partial charge in [-0.05, 0) is 37.7 Å². The van der Waals surface area contributed by atoms with Gasteiger partial charge in [0.2, 0.25) is 5.28 Å². The smallest absolute Gasteiger partial charge is 0.267 e. The molecule has 1 aromatic carbocycles. The third-order valence-electron chi connectivity index (χ3n) is 2.67. The number of benzene rings is 1. The Balaban J connectivity index is 2.88. The van der Waals surface area contributed by atoms with Crippen LogP contribution in [0.3, 0.4) is 0 Å². The molecule has 90 valence electrons. The van der Waals surface area contributed by atoms with Gasteiger partial charge in [0, 0.05) is 0 Å². The van der Waals surface area contributed by atoms with E-state index in [0.717, 1.165) is 0 Å². The van der Waals surface area contributed by atoms with Gasteiger partial charge < -0.3 is 10.4 Å². The molecule has 2 aromatic rings. The molecule has 2 N–H and O–H groups in total. The Morgan fingerprint density at radius 3 is 2.88 bits per heavy atom. The fraction of sp³-hybridized carbons (Fsp3) is 0.273. The van der Waals surface area contributed by atoms with Gasteiger partial charge in [0.15, 0.2) is 0 Å². The van der Waals surface area contributed by atoms with Crippen LogP contribution in [0.4, 0.5) is 0 Å². The minimum absolute atomic E-state index is 0.0891. The van der Waals surface area contributed by atoms with Crippen molar-refractivity contribution < 1.29 is 5.11 Å². The van der Waals surface area contributed by atoms with Gasteiger partial charge in [0.25, 0.3) is 5.56 Å². The van der Waals surface area contributed by atoms with E-state index in [2.05, 4.69) is 10.3 Å². The summed E-state index contributed by atoms with van der Waals surface area (Å²) in [5.74, 6) is -0.0891. The molecular weight excluding hydrogens is 242 g/mol. The lowest BCUT2D eigenvalue weighted by Crippen LogP contribution is -2.31. The van der Waals surface area contributed by atoms with Crippen LogP contribution in [0.5, 0.6) is 5.75 Å². The zero-order valence-electron chi connectivity index (χ0n) is 9.44. The molecule has 5 nitrogen and oxygen atoms in total. The van der Waals surface area contributed by atoms with Gasteiger partial charge in [-0.3, -0.25) is 9.36 Å². The van der Waals surface area contributed by atoms with E-state index in [9.17, 15) is 9.90 Å². The minimum Gasteiger partial charge on any atom is -0.507 e. The van der Waals surface area contributed by atoms with E-state index in [1.54, 1.807) is 26.1 Å². The second-order valence-electron chi connectivity index (χ2n) is 3.69. The number of phenolic OH excluding ortho intramolecular Hbond substituents is 1. The first-order valence-electron chi connectivity index (χ1n) is 5.13. The molecule has 0 aliphatic heterocycles. The minimum atomic E-state index is -0.361. The lowest BCUT2D eigenvalue weighted by molar-refractivity contribution is 0.456. The van der Waals surface area contributed by atoms with Gasteiger partial charge in [-0.1, -0.05) is 6.07 Å². The summed E-state index contributed by atoms with van der Waals surface area (Å²) in [5, 5.41) is 12.9. The molecule has 1 unspecified atom stereocenters. The van der Waals surface area contributed by atoms with Crippen LogP contribution in [0.2, 0.25) is 5.28 Å². The van der Waals surface area contributed by atoms with Crippen molar-refractivity contribution in [3.05, 3.63) is 33.8 Å². The molecule has 2 rings (SSSR count). The van der Waals surface area contributed by atoms with E-state index in [-0.39, 0.29) is 28.1 Å². The monoisotopic (exact) mass is 253 g/mol. The second kappa shape index (κ2) is 4.35. The third-order valence-corrected chi connectivity index (χ3v) is 2.94. The Morgan fingerprint density at radius 2 is 2.24 bits per heavy atom. The predicted molar refractivity (Wildman–Crippen MR) is 66.4 cm³/mol. The van der Waals surface area contributed by atoms with Crippen molar-refractivity contribution in [3.8, 4) is 5.75 Å². The van der Waals surface area contributed by atoms with Crippen molar-refractivity contribution in [1.29, 1.82) is 0 Å². The fourth-order valence-electron chi connectivity index (χ4n) is 1.66. The highest BCUT2D eigenvalue weighted by Crippen LogP contribution is 2.21. The molecule has 0 aliphatic carbocycles. The van der Waals surface area contributed by atoms with E-state index >= 15 is 0 Å². The Kier molecular flexibility index (Phi) is 3.04. The van der Waals surface area contributed by atoms with Crippen LogP contribution in [0, 0.1) is 0 Å².